The van der Waals surface area contributed by atoms with Gasteiger partial charge in [0.05, 0.1) is 13.0 Å². The Balaban J connectivity index is 2.63. The van der Waals surface area contributed by atoms with Crippen molar-refractivity contribution in [3.8, 4) is 0 Å². The van der Waals surface area contributed by atoms with Gasteiger partial charge in [-0.25, -0.2) is 4.98 Å². The van der Waals surface area contributed by atoms with Crippen molar-refractivity contribution in [1.29, 1.82) is 0 Å². The van der Waals surface area contributed by atoms with Crippen molar-refractivity contribution in [3.05, 3.63) is 16.1 Å². The number of esters is 1. The summed E-state index contributed by atoms with van der Waals surface area (Å²) in [6, 6.07) is 0. The Morgan fingerprint density at radius 1 is 1.47 bits per heavy atom. The molecule has 0 aliphatic heterocycles. The van der Waals surface area contributed by atoms with Gasteiger partial charge < -0.3 is 4.74 Å². The van der Waals surface area contributed by atoms with Gasteiger partial charge in [0.2, 0.25) is 0 Å². The number of aromatic nitrogens is 1. The second kappa shape index (κ2) is 6.49. The lowest BCUT2D eigenvalue weighted by molar-refractivity contribution is -0.151. The fourth-order valence-corrected chi connectivity index (χ4v) is 2.31. The number of aryl methyl sites for hydroxylation is 1. The normalized spacial score (nSPS) is 12.2. The molecule has 1 unspecified atom stereocenters. The fraction of sp³-hybridized carbons (Fsp3) is 0.583. The van der Waals surface area contributed by atoms with Crippen molar-refractivity contribution in [2.24, 2.45) is 5.92 Å². The van der Waals surface area contributed by atoms with Gasteiger partial charge in [-0.2, -0.15) is 0 Å². The largest absolute Gasteiger partial charge is 0.465 e. The quantitative estimate of drug-likeness (QED) is 0.577. The van der Waals surface area contributed by atoms with Crippen LogP contribution >= 0.6 is 11.3 Å². The first-order valence-electron chi connectivity index (χ1n) is 5.68. The zero-order valence-electron chi connectivity index (χ0n) is 10.4. The number of rotatable bonds is 6. The molecule has 5 heteroatoms. The summed E-state index contributed by atoms with van der Waals surface area (Å²) >= 11 is 1.45. The highest BCUT2D eigenvalue weighted by Crippen LogP contribution is 2.15. The molecule has 1 aromatic heterocycles. The summed E-state index contributed by atoms with van der Waals surface area (Å²) in [6.07, 6.45) is 0.692. The highest BCUT2D eigenvalue weighted by atomic mass is 32.1. The van der Waals surface area contributed by atoms with E-state index < -0.39 is 11.9 Å². The molecule has 0 aromatic carbocycles. The van der Waals surface area contributed by atoms with Gasteiger partial charge in [0.15, 0.2) is 5.78 Å². The summed E-state index contributed by atoms with van der Waals surface area (Å²) in [5.74, 6) is -1.19. The molecule has 0 bridgehead atoms. The van der Waals surface area contributed by atoms with Gasteiger partial charge in [0, 0.05) is 11.1 Å². The van der Waals surface area contributed by atoms with E-state index in [1.807, 2.05) is 19.2 Å². The van der Waals surface area contributed by atoms with Crippen LogP contribution in [0.3, 0.4) is 0 Å². The van der Waals surface area contributed by atoms with E-state index in [4.69, 9.17) is 4.74 Å². The standard InChI is InChI=1S/C12H17NO3S/c1-4-9(12(15)16-5-2)10(14)6-11-13-8(3)7-17-11/h7,9H,4-6H2,1-3H3. The summed E-state index contributed by atoms with van der Waals surface area (Å²) in [5, 5.41) is 2.66. The number of Topliss-reactive ketones (excluding diaryl/α,β-unsaturated/α-hetero) is 1. The van der Waals surface area contributed by atoms with Crippen molar-refractivity contribution < 1.29 is 14.3 Å². The molecule has 0 fully saturated rings. The topological polar surface area (TPSA) is 56.3 Å². The van der Waals surface area contributed by atoms with E-state index >= 15 is 0 Å². The first kappa shape index (κ1) is 13.8. The van der Waals surface area contributed by atoms with E-state index in [9.17, 15) is 9.59 Å². The van der Waals surface area contributed by atoms with Crippen LogP contribution in [0, 0.1) is 12.8 Å². The average Bonchev–Trinajstić information content (AvgIpc) is 2.65. The third-order valence-corrected chi connectivity index (χ3v) is 3.33. The molecule has 0 saturated carbocycles. The second-order valence-electron chi connectivity index (χ2n) is 3.74. The molecule has 0 aliphatic carbocycles. The molecule has 0 aliphatic rings. The van der Waals surface area contributed by atoms with Crippen LogP contribution < -0.4 is 0 Å². The van der Waals surface area contributed by atoms with Gasteiger partial charge >= 0.3 is 5.97 Å². The van der Waals surface area contributed by atoms with Gasteiger partial charge in [0.1, 0.15) is 10.9 Å². The van der Waals surface area contributed by atoms with Crippen molar-refractivity contribution >= 4 is 23.1 Å². The van der Waals surface area contributed by atoms with Crippen LogP contribution in [0.25, 0.3) is 0 Å². The molecule has 1 rings (SSSR count). The predicted molar refractivity (Wildman–Crippen MR) is 66.0 cm³/mol. The van der Waals surface area contributed by atoms with Crippen LogP contribution in [0.2, 0.25) is 0 Å². The maximum absolute atomic E-state index is 11.9. The number of carbonyl (C=O) groups excluding carboxylic acids is 2. The van der Waals surface area contributed by atoms with E-state index in [1.54, 1.807) is 6.92 Å². The second-order valence-corrected chi connectivity index (χ2v) is 4.68. The molecule has 94 valence electrons. The first-order valence-corrected chi connectivity index (χ1v) is 6.56. The highest BCUT2D eigenvalue weighted by molar-refractivity contribution is 7.09. The van der Waals surface area contributed by atoms with Crippen molar-refractivity contribution in [2.75, 3.05) is 6.61 Å². The Hall–Kier alpha value is -1.23. The zero-order valence-corrected chi connectivity index (χ0v) is 11.2. The summed E-state index contributed by atoms with van der Waals surface area (Å²) in [7, 11) is 0. The zero-order chi connectivity index (χ0) is 12.8. The lowest BCUT2D eigenvalue weighted by Gasteiger charge is -2.11. The molecule has 0 radical (unpaired) electrons. The summed E-state index contributed by atoms with van der Waals surface area (Å²) in [6.45, 7) is 5.73. The SMILES string of the molecule is CCOC(=O)C(CC)C(=O)Cc1nc(C)cs1. The van der Waals surface area contributed by atoms with Gasteiger partial charge in [-0.05, 0) is 20.3 Å². The monoisotopic (exact) mass is 255 g/mol. The Labute approximate surface area is 105 Å². The van der Waals surface area contributed by atoms with Crippen molar-refractivity contribution in [2.45, 2.75) is 33.6 Å². The van der Waals surface area contributed by atoms with Gasteiger partial charge in [-0.1, -0.05) is 6.92 Å². The van der Waals surface area contributed by atoms with Crippen LogP contribution in [-0.2, 0) is 20.7 Å². The molecule has 1 aromatic rings. The first-order chi connectivity index (χ1) is 8.08. The van der Waals surface area contributed by atoms with Crippen LogP contribution in [0.15, 0.2) is 5.38 Å². The van der Waals surface area contributed by atoms with Gasteiger partial charge in [0.25, 0.3) is 0 Å². The molecule has 0 amide bonds. The Morgan fingerprint density at radius 2 is 2.18 bits per heavy atom. The predicted octanol–water partition coefficient (Wildman–Crippen LogP) is 2.15. The molecule has 0 saturated heterocycles. The molecule has 4 nitrogen and oxygen atoms in total. The summed E-state index contributed by atoms with van der Waals surface area (Å²) in [4.78, 5) is 27.7. The minimum absolute atomic E-state index is 0.111. The third-order valence-electron chi connectivity index (χ3n) is 2.36. The average molecular weight is 255 g/mol. The lowest BCUT2D eigenvalue weighted by atomic mass is 9.99. The number of nitrogens with zero attached hydrogens (tertiary/aromatic N) is 1. The maximum Gasteiger partial charge on any atom is 0.316 e. The molecular formula is C12H17NO3S. The molecule has 0 N–H and O–H groups in total. The number of hydrogen-bond acceptors (Lipinski definition) is 5. The number of ether oxygens (including phenoxy) is 1. The maximum atomic E-state index is 11.9. The molecule has 0 spiro atoms. The van der Waals surface area contributed by atoms with Gasteiger partial charge in [-0.3, -0.25) is 9.59 Å². The molecule has 1 atom stereocenters. The highest BCUT2D eigenvalue weighted by Gasteiger charge is 2.26. The molecule has 1 heterocycles. The number of carbonyl (C=O) groups is 2. The minimum Gasteiger partial charge on any atom is -0.465 e. The minimum atomic E-state index is -0.654. The Bertz CT molecular complexity index is 400. The Morgan fingerprint density at radius 3 is 2.65 bits per heavy atom. The fourth-order valence-electron chi connectivity index (χ4n) is 1.52. The van der Waals surface area contributed by atoms with E-state index in [0.29, 0.717) is 13.0 Å². The van der Waals surface area contributed by atoms with Crippen LogP contribution in [0.4, 0.5) is 0 Å². The van der Waals surface area contributed by atoms with E-state index in [1.165, 1.54) is 11.3 Å². The number of ketones is 1. The summed E-state index contributed by atoms with van der Waals surface area (Å²) in [5.41, 5.74) is 0.905. The third kappa shape index (κ3) is 3.93. The van der Waals surface area contributed by atoms with E-state index in [2.05, 4.69) is 4.98 Å². The Kier molecular flexibility index (Phi) is 5.28. The smallest absolute Gasteiger partial charge is 0.316 e. The van der Waals surface area contributed by atoms with Crippen LogP contribution in [0.1, 0.15) is 31.0 Å². The number of thiazole rings is 1. The van der Waals surface area contributed by atoms with E-state index in [0.717, 1.165) is 10.7 Å². The van der Waals surface area contributed by atoms with Crippen LogP contribution in [-0.4, -0.2) is 23.3 Å². The van der Waals surface area contributed by atoms with E-state index in [-0.39, 0.29) is 12.2 Å². The van der Waals surface area contributed by atoms with Crippen molar-refractivity contribution in [1.82, 2.24) is 4.98 Å². The lowest BCUT2D eigenvalue weighted by Crippen LogP contribution is -2.27. The van der Waals surface area contributed by atoms with Gasteiger partial charge in [-0.15, -0.1) is 11.3 Å². The molecular weight excluding hydrogens is 238 g/mol. The number of hydrogen-bond donors (Lipinski definition) is 0. The molecule has 17 heavy (non-hydrogen) atoms. The van der Waals surface area contributed by atoms with Crippen LogP contribution in [0.5, 0.6) is 0 Å². The summed E-state index contributed by atoms with van der Waals surface area (Å²) < 4.78 is 4.88. The van der Waals surface area contributed by atoms with Crippen molar-refractivity contribution in [3.63, 3.8) is 0 Å².